The molecule has 1 aromatic rings. The third kappa shape index (κ3) is 4.60. The van der Waals surface area contributed by atoms with Gasteiger partial charge in [-0.2, -0.15) is 0 Å². The fourth-order valence-electron chi connectivity index (χ4n) is 2.02. The second-order valence-electron chi connectivity index (χ2n) is 4.58. The number of hydrogen-bond donors (Lipinski definition) is 2. The lowest BCUT2D eigenvalue weighted by Crippen LogP contribution is -2.32. The molecule has 0 heterocycles. The molecule has 108 valence electrons. The van der Waals surface area contributed by atoms with Crippen molar-refractivity contribution in [3.63, 3.8) is 0 Å². The molecule has 0 saturated carbocycles. The van der Waals surface area contributed by atoms with Gasteiger partial charge in [0.25, 0.3) is 0 Å². The van der Waals surface area contributed by atoms with Crippen LogP contribution in [-0.2, 0) is 16.4 Å². The maximum Gasteiger partial charge on any atom is 0.240 e. The molecule has 0 aliphatic rings. The monoisotopic (exact) mass is 284 g/mol. The fourth-order valence-corrected chi connectivity index (χ4v) is 2.99. The van der Waals surface area contributed by atoms with E-state index in [0.29, 0.717) is 10.9 Å². The van der Waals surface area contributed by atoms with Crippen molar-refractivity contribution in [2.24, 2.45) is 0 Å². The Labute approximate surface area is 116 Å². The summed E-state index contributed by atoms with van der Waals surface area (Å²) in [6.07, 6.45) is 2.79. The molecule has 0 bridgehead atoms. The van der Waals surface area contributed by atoms with Crippen molar-refractivity contribution in [3.05, 3.63) is 29.8 Å². The van der Waals surface area contributed by atoms with Gasteiger partial charge in [0.05, 0.1) is 4.90 Å². The lowest BCUT2D eigenvalue weighted by atomic mass is 10.0. The number of hydrogen-bond acceptors (Lipinski definition) is 3. The zero-order valence-corrected chi connectivity index (χ0v) is 12.8. The smallest absolute Gasteiger partial charge is 0.240 e. The van der Waals surface area contributed by atoms with E-state index in [0.717, 1.165) is 31.4 Å². The highest BCUT2D eigenvalue weighted by atomic mass is 32.2. The maximum atomic E-state index is 12.0. The Morgan fingerprint density at radius 1 is 1.21 bits per heavy atom. The summed E-state index contributed by atoms with van der Waals surface area (Å²) in [6.45, 7) is 5.20. The molecule has 0 spiro atoms. The van der Waals surface area contributed by atoms with Gasteiger partial charge in [-0.15, -0.1) is 0 Å². The molecule has 5 heteroatoms. The van der Waals surface area contributed by atoms with E-state index in [4.69, 9.17) is 0 Å². The van der Waals surface area contributed by atoms with Crippen molar-refractivity contribution in [1.82, 2.24) is 10.0 Å². The predicted molar refractivity (Wildman–Crippen MR) is 78.8 cm³/mol. The molecule has 0 fully saturated rings. The molecule has 1 unspecified atom stereocenters. The van der Waals surface area contributed by atoms with E-state index in [1.54, 1.807) is 12.1 Å². The molecule has 0 aromatic heterocycles. The van der Waals surface area contributed by atoms with Crippen LogP contribution in [0.15, 0.2) is 29.2 Å². The van der Waals surface area contributed by atoms with Gasteiger partial charge in [-0.05, 0) is 44.5 Å². The third-order valence-electron chi connectivity index (χ3n) is 3.17. The van der Waals surface area contributed by atoms with E-state index in [9.17, 15) is 8.42 Å². The summed E-state index contributed by atoms with van der Waals surface area (Å²) < 4.78 is 26.3. The van der Waals surface area contributed by atoms with Gasteiger partial charge in [0.1, 0.15) is 0 Å². The standard InChI is InChI=1S/C14H24N2O2S/c1-4-10-16-13(5-2)11-12-8-6-7-9-14(12)19(17,18)15-3/h6-9,13,15-16H,4-5,10-11H2,1-3H3. The molecule has 2 N–H and O–H groups in total. The first kappa shape index (κ1) is 16.1. The first-order valence-corrected chi connectivity index (χ1v) is 8.28. The number of sulfonamides is 1. The van der Waals surface area contributed by atoms with Gasteiger partial charge in [0.15, 0.2) is 0 Å². The molecule has 0 saturated heterocycles. The molecule has 1 aromatic carbocycles. The number of rotatable bonds is 8. The average Bonchev–Trinajstić information content (AvgIpc) is 2.43. The van der Waals surface area contributed by atoms with Crippen molar-refractivity contribution in [2.45, 2.75) is 44.0 Å². The molecule has 0 aliphatic heterocycles. The van der Waals surface area contributed by atoms with E-state index in [1.165, 1.54) is 7.05 Å². The zero-order valence-electron chi connectivity index (χ0n) is 11.9. The normalized spacial score (nSPS) is 13.4. The zero-order chi connectivity index (χ0) is 14.3. The summed E-state index contributed by atoms with van der Waals surface area (Å²) in [5, 5.41) is 3.45. The summed E-state index contributed by atoms with van der Waals surface area (Å²) in [5.74, 6) is 0. The molecule has 1 atom stereocenters. The van der Waals surface area contributed by atoms with E-state index in [-0.39, 0.29) is 0 Å². The Bertz CT molecular complexity index is 486. The fraction of sp³-hybridized carbons (Fsp3) is 0.571. The van der Waals surface area contributed by atoms with Gasteiger partial charge in [0.2, 0.25) is 10.0 Å². The van der Waals surface area contributed by atoms with Crippen LogP contribution < -0.4 is 10.0 Å². The highest BCUT2D eigenvalue weighted by Gasteiger charge is 2.17. The molecule has 0 radical (unpaired) electrons. The summed E-state index contributed by atoms with van der Waals surface area (Å²) in [5.41, 5.74) is 0.868. The van der Waals surface area contributed by atoms with E-state index in [2.05, 4.69) is 23.9 Å². The van der Waals surface area contributed by atoms with E-state index in [1.807, 2.05) is 12.1 Å². The molecule has 4 nitrogen and oxygen atoms in total. The van der Waals surface area contributed by atoms with E-state index < -0.39 is 10.0 Å². The van der Waals surface area contributed by atoms with Crippen LogP contribution in [0.3, 0.4) is 0 Å². The van der Waals surface area contributed by atoms with Crippen LogP contribution in [0.1, 0.15) is 32.3 Å². The second kappa shape index (κ2) is 7.62. The van der Waals surface area contributed by atoms with Crippen LogP contribution in [0.2, 0.25) is 0 Å². The van der Waals surface area contributed by atoms with Gasteiger partial charge in [0, 0.05) is 6.04 Å². The summed E-state index contributed by atoms with van der Waals surface area (Å²) in [6, 6.07) is 7.51. The predicted octanol–water partition coefficient (Wildman–Crippen LogP) is 1.92. The molecular formula is C14H24N2O2S. The van der Waals surface area contributed by atoms with Gasteiger partial charge < -0.3 is 5.32 Å². The van der Waals surface area contributed by atoms with Crippen molar-refractivity contribution in [1.29, 1.82) is 0 Å². The van der Waals surface area contributed by atoms with Crippen LogP contribution in [0.4, 0.5) is 0 Å². The van der Waals surface area contributed by atoms with Crippen molar-refractivity contribution >= 4 is 10.0 Å². The second-order valence-corrected chi connectivity index (χ2v) is 6.43. The largest absolute Gasteiger partial charge is 0.314 e. The van der Waals surface area contributed by atoms with Crippen LogP contribution in [-0.4, -0.2) is 28.1 Å². The Morgan fingerprint density at radius 2 is 1.89 bits per heavy atom. The third-order valence-corrected chi connectivity index (χ3v) is 4.69. The Hall–Kier alpha value is -0.910. The number of nitrogens with one attached hydrogen (secondary N) is 2. The van der Waals surface area contributed by atoms with E-state index >= 15 is 0 Å². The summed E-state index contributed by atoms with van der Waals surface area (Å²) in [4.78, 5) is 0.384. The summed E-state index contributed by atoms with van der Waals surface area (Å²) in [7, 11) is -1.94. The Morgan fingerprint density at radius 3 is 2.47 bits per heavy atom. The first-order valence-electron chi connectivity index (χ1n) is 6.80. The van der Waals surface area contributed by atoms with Crippen molar-refractivity contribution < 1.29 is 8.42 Å². The van der Waals surface area contributed by atoms with Crippen LogP contribution >= 0.6 is 0 Å². The highest BCUT2D eigenvalue weighted by molar-refractivity contribution is 7.89. The van der Waals surface area contributed by atoms with Gasteiger partial charge >= 0.3 is 0 Å². The molecule has 1 rings (SSSR count). The minimum absolute atomic E-state index is 0.313. The minimum atomic E-state index is -3.38. The SMILES string of the molecule is CCCNC(CC)Cc1ccccc1S(=O)(=O)NC. The Balaban J connectivity index is 2.94. The van der Waals surface area contributed by atoms with Crippen LogP contribution in [0.25, 0.3) is 0 Å². The minimum Gasteiger partial charge on any atom is -0.314 e. The van der Waals surface area contributed by atoms with Gasteiger partial charge in [-0.1, -0.05) is 32.0 Å². The topological polar surface area (TPSA) is 58.2 Å². The van der Waals surface area contributed by atoms with Gasteiger partial charge in [-0.25, -0.2) is 13.1 Å². The summed E-state index contributed by atoms with van der Waals surface area (Å²) >= 11 is 0. The van der Waals surface area contributed by atoms with Gasteiger partial charge in [-0.3, -0.25) is 0 Å². The molecule has 19 heavy (non-hydrogen) atoms. The van der Waals surface area contributed by atoms with Crippen molar-refractivity contribution in [3.8, 4) is 0 Å². The Kier molecular flexibility index (Phi) is 6.48. The van der Waals surface area contributed by atoms with Crippen LogP contribution in [0, 0.1) is 0 Å². The maximum absolute atomic E-state index is 12.0. The quantitative estimate of drug-likeness (QED) is 0.767. The lowest BCUT2D eigenvalue weighted by molar-refractivity contribution is 0.491. The molecule has 0 amide bonds. The molecular weight excluding hydrogens is 260 g/mol. The highest BCUT2D eigenvalue weighted by Crippen LogP contribution is 2.17. The van der Waals surface area contributed by atoms with Crippen molar-refractivity contribution in [2.75, 3.05) is 13.6 Å². The molecule has 0 aliphatic carbocycles. The van der Waals surface area contributed by atoms with Crippen LogP contribution in [0.5, 0.6) is 0 Å². The lowest BCUT2D eigenvalue weighted by Gasteiger charge is -2.18. The number of benzene rings is 1. The first-order chi connectivity index (χ1) is 9.05. The average molecular weight is 284 g/mol.